The summed E-state index contributed by atoms with van der Waals surface area (Å²) in [6.45, 7) is 2.15. The first-order chi connectivity index (χ1) is 10.3. The van der Waals surface area contributed by atoms with Gasteiger partial charge in [-0.2, -0.15) is 0 Å². The summed E-state index contributed by atoms with van der Waals surface area (Å²) in [7, 11) is 1.70. The van der Waals surface area contributed by atoms with Gasteiger partial charge in [0.15, 0.2) is 0 Å². The molecular formula is C18H22N2O. The van der Waals surface area contributed by atoms with Gasteiger partial charge in [0.1, 0.15) is 5.75 Å². The zero-order valence-electron chi connectivity index (χ0n) is 12.5. The van der Waals surface area contributed by atoms with Gasteiger partial charge in [0.2, 0.25) is 0 Å². The van der Waals surface area contributed by atoms with Crippen molar-refractivity contribution in [1.29, 1.82) is 0 Å². The Morgan fingerprint density at radius 3 is 2.71 bits per heavy atom. The van der Waals surface area contributed by atoms with Crippen molar-refractivity contribution in [2.24, 2.45) is 0 Å². The first-order valence-corrected chi connectivity index (χ1v) is 7.53. The van der Waals surface area contributed by atoms with Crippen molar-refractivity contribution in [3.63, 3.8) is 0 Å². The van der Waals surface area contributed by atoms with Gasteiger partial charge in [-0.3, -0.25) is 0 Å². The number of rotatable bonds is 4. The van der Waals surface area contributed by atoms with Crippen LogP contribution in [0.4, 0.5) is 11.4 Å². The second-order valence-corrected chi connectivity index (χ2v) is 5.53. The lowest BCUT2D eigenvalue weighted by Gasteiger charge is -2.32. The molecule has 110 valence electrons. The predicted octanol–water partition coefficient (Wildman–Crippen LogP) is 3.27. The molecule has 0 saturated heterocycles. The Morgan fingerprint density at radius 2 is 1.95 bits per heavy atom. The minimum absolute atomic E-state index is 0.912. The van der Waals surface area contributed by atoms with Gasteiger partial charge in [-0.15, -0.1) is 0 Å². The molecule has 0 aromatic heterocycles. The summed E-state index contributed by atoms with van der Waals surface area (Å²) < 4.78 is 5.20. The van der Waals surface area contributed by atoms with Crippen LogP contribution in [0.3, 0.4) is 0 Å². The highest BCUT2D eigenvalue weighted by molar-refractivity contribution is 5.66. The Morgan fingerprint density at radius 1 is 1.14 bits per heavy atom. The molecule has 2 aromatic rings. The molecule has 0 saturated carbocycles. The maximum absolute atomic E-state index is 6.10. The van der Waals surface area contributed by atoms with Crippen LogP contribution in [0, 0.1) is 0 Å². The van der Waals surface area contributed by atoms with Gasteiger partial charge < -0.3 is 15.4 Å². The smallest absolute Gasteiger partial charge is 0.118 e. The van der Waals surface area contributed by atoms with Crippen molar-refractivity contribution >= 4 is 11.4 Å². The van der Waals surface area contributed by atoms with Gasteiger partial charge in [0, 0.05) is 24.5 Å². The van der Waals surface area contributed by atoms with Crippen molar-refractivity contribution in [2.45, 2.75) is 19.3 Å². The van der Waals surface area contributed by atoms with Crippen LogP contribution in [0.5, 0.6) is 5.75 Å². The van der Waals surface area contributed by atoms with E-state index in [1.807, 2.05) is 18.2 Å². The summed E-state index contributed by atoms with van der Waals surface area (Å²) in [6, 6.07) is 14.6. The number of benzene rings is 2. The molecule has 3 rings (SSSR count). The van der Waals surface area contributed by atoms with E-state index in [0.29, 0.717) is 0 Å². The molecule has 21 heavy (non-hydrogen) atoms. The molecule has 0 aliphatic carbocycles. The van der Waals surface area contributed by atoms with Crippen molar-refractivity contribution in [3.8, 4) is 5.75 Å². The molecule has 0 unspecified atom stereocenters. The molecule has 0 spiro atoms. The minimum Gasteiger partial charge on any atom is -0.497 e. The lowest BCUT2D eigenvalue weighted by molar-refractivity contribution is 0.414. The molecule has 0 amide bonds. The molecule has 0 radical (unpaired) electrons. The summed E-state index contributed by atoms with van der Waals surface area (Å²) >= 11 is 0. The fraction of sp³-hybridized carbons (Fsp3) is 0.333. The van der Waals surface area contributed by atoms with Crippen LogP contribution >= 0.6 is 0 Å². The maximum atomic E-state index is 6.10. The Bertz CT molecular complexity index is 607. The van der Waals surface area contributed by atoms with Crippen molar-refractivity contribution in [1.82, 2.24) is 0 Å². The zero-order chi connectivity index (χ0) is 14.7. The van der Waals surface area contributed by atoms with E-state index in [1.165, 1.54) is 23.2 Å². The van der Waals surface area contributed by atoms with Gasteiger partial charge in [-0.25, -0.2) is 0 Å². The van der Waals surface area contributed by atoms with E-state index in [2.05, 4.69) is 29.2 Å². The second-order valence-electron chi connectivity index (χ2n) is 5.53. The van der Waals surface area contributed by atoms with E-state index >= 15 is 0 Å². The van der Waals surface area contributed by atoms with Crippen LogP contribution in [-0.2, 0) is 12.8 Å². The third kappa shape index (κ3) is 2.97. The fourth-order valence-corrected chi connectivity index (χ4v) is 3.02. The molecular weight excluding hydrogens is 260 g/mol. The Kier molecular flexibility index (Phi) is 4.00. The van der Waals surface area contributed by atoms with E-state index in [4.69, 9.17) is 10.5 Å². The topological polar surface area (TPSA) is 38.5 Å². The number of nitrogens with zero attached hydrogens (tertiary/aromatic N) is 1. The lowest BCUT2D eigenvalue weighted by Crippen LogP contribution is -2.31. The first-order valence-electron chi connectivity index (χ1n) is 7.53. The average Bonchev–Trinajstić information content (AvgIpc) is 2.54. The number of methoxy groups -OCH3 is 1. The highest BCUT2D eigenvalue weighted by atomic mass is 16.5. The highest BCUT2D eigenvalue weighted by Crippen LogP contribution is 2.31. The molecule has 3 nitrogen and oxygen atoms in total. The van der Waals surface area contributed by atoms with Gasteiger partial charge in [0.25, 0.3) is 0 Å². The largest absolute Gasteiger partial charge is 0.497 e. The van der Waals surface area contributed by atoms with Crippen LogP contribution < -0.4 is 15.4 Å². The standard InChI is InChI=1S/C18H22N2O/c1-21-15-9-7-14(8-10-15)11-13-20-12-3-4-16-17(19)5-2-6-18(16)20/h2,5-10H,3-4,11-13,19H2,1H3. The van der Waals surface area contributed by atoms with Crippen molar-refractivity contribution in [3.05, 3.63) is 53.6 Å². The summed E-state index contributed by atoms with van der Waals surface area (Å²) in [5.41, 5.74) is 11.0. The average molecular weight is 282 g/mol. The number of hydrogen-bond donors (Lipinski definition) is 1. The molecule has 0 fully saturated rings. The van der Waals surface area contributed by atoms with Crippen LogP contribution in [0.25, 0.3) is 0 Å². The second kappa shape index (κ2) is 6.08. The summed E-state index contributed by atoms with van der Waals surface area (Å²) in [6.07, 6.45) is 3.32. The molecule has 3 heteroatoms. The quantitative estimate of drug-likeness (QED) is 0.875. The third-order valence-electron chi connectivity index (χ3n) is 4.21. The molecule has 2 N–H and O–H groups in total. The van der Waals surface area contributed by atoms with Crippen molar-refractivity contribution < 1.29 is 4.74 Å². The number of nitrogen functional groups attached to an aromatic ring is 1. The van der Waals surface area contributed by atoms with E-state index in [1.54, 1.807) is 7.11 Å². The highest BCUT2D eigenvalue weighted by Gasteiger charge is 2.18. The SMILES string of the molecule is COc1ccc(CCN2CCCc3c(N)cccc32)cc1. The Labute approximate surface area is 126 Å². The first kappa shape index (κ1) is 13.8. The summed E-state index contributed by atoms with van der Waals surface area (Å²) in [5, 5.41) is 0. The fourth-order valence-electron chi connectivity index (χ4n) is 3.02. The molecule has 0 atom stereocenters. The normalized spacial score (nSPS) is 13.9. The summed E-state index contributed by atoms with van der Waals surface area (Å²) in [4.78, 5) is 2.46. The maximum Gasteiger partial charge on any atom is 0.118 e. The third-order valence-corrected chi connectivity index (χ3v) is 4.21. The summed E-state index contributed by atoms with van der Waals surface area (Å²) in [5.74, 6) is 0.912. The molecule has 1 aliphatic rings. The van der Waals surface area contributed by atoms with E-state index in [0.717, 1.165) is 37.4 Å². The van der Waals surface area contributed by atoms with Crippen LogP contribution in [0.2, 0.25) is 0 Å². The van der Waals surface area contributed by atoms with Gasteiger partial charge in [-0.05, 0) is 54.7 Å². The number of hydrogen-bond acceptors (Lipinski definition) is 3. The molecule has 1 heterocycles. The molecule has 0 bridgehead atoms. The van der Waals surface area contributed by atoms with Gasteiger partial charge in [0.05, 0.1) is 7.11 Å². The minimum atomic E-state index is 0.912. The van der Waals surface area contributed by atoms with Crippen LogP contribution in [0.1, 0.15) is 17.5 Å². The predicted molar refractivity (Wildman–Crippen MR) is 88.1 cm³/mol. The van der Waals surface area contributed by atoms with Crippen LogP contribution in [0.15, 0.2) is 42.5 Å². The van der Waals surface area contributed by atoms with Crippen molar-refractivity contribution in [2.75, 3.05) is 30.8 Å². The number of anilines is 2. The lowest BCUT2D eigenvalue weighted by atomic mass is 9.99. The number of fused-ring (bicyclic) bond motifs is 1. The van der Waals surface area contributed by atoms with Gasteiger partial charge in [-0.1, -0.05) is 18.2 Å². The molecule has 1 aliphatic heterocycles. The Balaban J connectivity index is 1.70. The van der Waals surface area contributed by atoms with E-state index in [-0.39, 0.29) is 0 Å². The number of nitrogens with two attached hydrogens (primary N) is 1. The monoisotopic (exact) mass is 282 g/mol. The van der Waals surface area contributed by atoms with E-state index in [9.17, 15) is 0 Å². The van der Waals surface area contributed by atoms with E-state index < -0.39 is 0 Å². The van der Waals surface area contributed by atoms with Crippen LogP contribution in [-0.4, -0.2) is 20.2 Å². The molecule has 2 aromatic carbocycles. The van der Waals surface area contributed by atoms with Gasteiger partial charge >= 0.3 is 0 Å². The zero-order valence-corrected chi connectivity index (χ0v) is 12.5. The Hall–Kier alpha value is -2.16. The number of ether oxygens (including phenoxy) is 1.